The molecule has 0 spiro atoms. The normalized spacial score (nSPS) is 16.5. The third kappa shape index (κ3) is 6.24. The maximum absolute atomic E-state index is 13.6. The lowest BCUT2D eigenvalue weighted by molar-refractivity contribution is -0.136. The number of methoxy groups -OCH3 is 1. The third-order valence-electron chi connectivity index (χ3n) is 5.77. The lowest BCUT2D eigenvalue weighted by atomic mass is 10.0. The van der Waals surface area contributed by atoms with Crippen molar-refractivity contribution in [2.45, 2.75) is 25.1 Å². The molecule has 1 N–H and O–H groups in total. The molecule has 2 aromatic heterocycles. The Hall–Kier alpha value is -2.72. The van der Waals surface area contributed by atoms with Gasteiger partial charge in [0, 0.05) is 31.1 Å². The predicted molar refractivity (Wildman–Crippen MR) is 126 cm³/mol. The van der Waals surface area contributed by atoms with Crippen LogP contribution in [0.3, 0.4) is 0 Å². The maximum Gasteiger partial charge on any atom is 0.237 e. The SMILES string of the molecule is COC[C@@H](O)CN(CC(=O)N1CCc2sccc2[C@@H]1COc1cccc(F)c1)Cc1ccco1. The summed E-state index contributed by atoms with van der Waals surface area (Å²) in [5.74, 6) is 0.702. The monoisotopic (exact) mass is 488 g/mol. The molecule has 0 bridgehead atoms. The van der Waals surface area contributed by atoms with E-state index in [4.69, 9.17) is 13.9 Å². The van der Waals surface area contributed by atoms with Gasteiger partial charge in [-0.3, -0.25) is 9.69 Å². The molecule has 9 heteroatoms. The number of benzene rings is 1. The van der Waals surface area contributed by atoms with Gasteiger partial charge in [0.2, 0.25) is 5.91 Å². The first-order valence-corrected chi connectivity index (χ1v) is 12.1. The van der Waals surface area contributed by atoms with Gasteiger partial charge in [-0.15, -0.1) is 11.3 Å². The molecule has 4 rings (SSSR count). The summed E-state index contributed by atoms with van der Waals surface area (Å²) in [5.41, 5.74) is 1.07. The summed E-state index contributed by atoms with van der Waals surface area (Å²) in [4.78, 5) is 18.4. The number of rotatable bonds is 11. The molecule has 0 aliphatic carbocycles. The molecule has 1 aliphatic heterocycles. The Bertz CT molecular complexity index is 1060. The fraction of sp³-hybridized carbons (Fsp3) is 0.400. The summed E-state index contributed by atoms with van der Waals surface area (Å²) in [6.45, 7) is 1.73. The van der Waals surface area contributed by atoms with Gasteiger partial charge >= 0.3 is 0 Å². The number of hydrogen-bond donors (Lipinski definition) is 1. The second kappa shape index (κ2) is 11.6. The second-order valence-electron chi connectivity index (χ2n) is 8.28. The molecule has 3 heterocycles. The van der Waals surface area contributed by atoms with E-state index in [-0.39, 0.29) is 44.1 Å². The molecule has 34 heavy (non-hydrogen) atoms. The Morgan fingerprint density at radius 2 is 2.24 bits per heavy atom. The van der Waals surface area contributed by atoms with Crippen molar-refractivity contribution in [1.29, 1.82) is 0 Å². The first kappa shape index (κ1) is 24.4. The van der Waals surface area contributed by atoms with Crippen LogP contribution in [0.5, 0.6) is 5.75 Å². The molecule has 182 valence electrons. The van der Waals surface area contributed by atoms with E-state index in [0.29, 0.717) is 24.6 Å². The van der Waals surface area contributed by atoms with Crippen molar-refractivity contribution in [3.63, 3.8) is 0 Å². The highest BCUT2D eigenvalue weighted by Gasteiger charge is 2.33. The number of carbonyl (C=O) groups excluding carboxylic acids is 1. The quantitative estimate of drug-likeness (QED) is 0.445. The van der Waals surface area contributed by atoms with Crippen LogP contribution in [-0.4, -0.2) is 66.9 Å². The lowest BCUT2D eigenvalue weighted by Crippen LogP contribution is -2.47. The van der Waals surface area contributed by atoms with E-state index < -0.39 is 6.10 Å². The van der Waals surface area contributed by atoms with E-state index in [0.717, 1.165) is 12.0 Å². The Morgan fingerprint density at radius 1 is 1.35 bits per heavy atom. The van der Waals surface area contributed by atoms with Crippen LogP contribution < -0.4 is 4.74 Å². The van der Waals surface area contributed by atoms with Crippen molar-refractivity contribution < 1.29 is 28.2 Å². The van der Waals surface area contributed by atoms with Gasteiger partial charge in [0.1, 0.15) is 23.9 Å². The molecule has 0 saturated carbocycles. The fourth-order valence-electron chi connectivity index (χ4n) is 4.24. The number of aliphatic hydroxyl groups is 1. The van der Waals surface area contributed by atoms with E-state index in [2.05, 4.69) is 0 Å². The number of thiophene rings is 1. The van der Waals surface area contributed by atoms with E-state index in [1.54, 1.807) is 35.8 Å². The van der Waals surface area contributed by atoms with Crippen LogP contribution in [0.15, 0.2) is 58.5 Å². The number of fused-ring (bicyclic) bond motifs is 1. The molecule has 1 aromatic carbocycles. The smallest absolute Gasteiger partial charge is 0.237 e. The maximum atomic E-state index is 13.6. The zero-order valence-electron chi connectivity index (χ0n) is 19.1. The van der Waals surface area contributed by atoms with Crippen molar-refractivity contribution in [2.75, 3.05) is 40.0 Å². The zero-order valence-corrected chi connectivity index (χ0v) is 19.9. The predicted octanol–water partition coefficient (Wildman–Crippen LogP) is 3.49. The van der Waals surface area contributed by atoms with E-state index in [1.165, 1.54) is 24.1 Å². The number of ether oxygens (including phenoxy) is 2. The molecular weight excluding hydrogens is 459 g/mol. The van der Waals surface area contributed by atoms with Crippen molar-refractivity contribution in [2.24, 2.45) is 0 Å². The molecule has 0 radical (unpaired) electrons. The minimum atomic E-state index is -0.732. The number of hydrogen-bond acceptors (Lipinski definition) is 7. The van der Waals surface area contributed by atoms with Crippen LogP contribution in [0.1, 0.15) is 22.2 Å². The summed E-state index contributed by atoms with van der Waals surface area (Å²) in [5, 5.41) is 12.3. The van der Waals surface area contributed by atoms with Gasteiger partial charge in [0.05, 0.1) is 38.1 Å². The van der Waals surface area contributed by atoms with Gasteiger partial charge in [-0.2, -0.15) is 0 Å². The van der Waals surface area contributed by atoms with Gasteiger partial charge < -0.3 is 23.9 Å². The molecule has 7 nitrogen and oxygen atoms in total. The molecule has 3 aromatic rings. The van der Waals surface area contributed by atoms with Crippen molar-refractivity contribution in [1.82, 2.24) is 9.80 Å². The van der Waals surface area contributed by atoms with Crippen LogP contribution in [0, 0.1) is 5.82 Å². The topological polar surface area (TPSA) is 75.4 Å². The summed E-state index contributed by atoms with van der Waals surface area (Å²) in [7, 11) is 1.53. The van der Waals surface area contributed by atoms with Crippen LogP contribution in [0.2, 0.25) is 0 Å². The van der Waals surface area contributed by atoms with Crippen LogP contribution >= 0.6 is 11.3 Å². The first-order chi connectivity index (χ1) is 16.5. The Kier molecular flexibility index (Phi) is 8.34. The van der Waals surface area contributed by atoms with Gasteiger partial charge in [-0.1, -0.05) is 6.07 Å². The van der Waals surface area contributed by atoms with Crippen LogP contribution in [-0.2, 0) is 22.5 Å². The Labute approximate surface area is 202 Å². The van der Waals surface area contributed by atoms with E-state index in [9.17, 15) is 14.3 Å². The summed E-state index contributed by atoms with van der Waals surface area (Å²) >= 11 is 1.67. The van der Waals surface area contributed by atoms with Crippen LogP contribution in [0.4, 0.5) is 4.39 Å². The fourth-order valence-corrected chi connectivity index (χ4v) is 5.17. The number of carbonyl (C=O) groups is 1. The third-order valence-corrected chi connectivity index (χ3v) is 6.76. The average Bonchev–Trinajstić information content (AvgIpc) is 3.49. The molecular formula is C25H29FN2O5S. The van der Waals surface area contributed by atoms with E-state index >= 15 is 0 Å². The highest BCUT2D eigenvalue weighted by Crippen LogP contribution is 2.34. The minimum Gasteiger partial charge on any atom is -0.491 e. The van der Waals surface area contributed by atoms with Gasteiger partial charge in [-0.05, 0) is 47.7 Å². The lowest BCUT2D eigenvalue weighted by Gasteiger charge is -2.37. The van der Waals surface area contributed by atoms with Gasteiger partial charge in [0.25, 0.3) is 0 Å². The highest BCUT2D eigenvalue weighted by atomic mass is 32.1. The number of furan rings is 1. The number of aliphatic hydroxyl groups excluding tert-OH is 1. The Balaban J connectivity index is 1.48. The zero-order chi connectivity index (χ0) is 23.9. The molecule has 1 aliphatic rings. The van der Waals surface area contributed by atoms with Crippen molar-refractivity contribution in [3.8, 4) is 5.75 Å². The molecule has 0 saturated heterocycles. The summed E-state index contributed by atoms with van der Waals surface area (Å²) < 4.78 is 30.0. The standard InChI is InChI=1S/C25H29FN2O5S/c1-31-16-19(29)13-27(14-21-6-3-10-32-21)15-25(30)28-9-7-24-22(8-11-34-24)23(28)17-33-20-5-2-4-18(26)12-20/h2-6,8,10-12,19,23,29H,7,9,13-17H2,1H3/t19-,23-/m0/s1. The molecule has 2 atom stereocenters. The van der Waals surface area contributed by atoms with Gasteiger partial charge in [-0.25, -0.2) is 4.39 Å². The second-order valence-corrected chi connectivity index (χ2v) is 9.28. The van der Waals surface area contributed by atoms with Gasteiger partial charge in [0.15, 0.2) is 0 Å². The summed E-state index contributed by atoms with van der Waals surface area (Å²) in [6, 6.07) is 11.4. The molecule has 0 unspecified atom stereocenters. The average molecular weight is 489 g/mol. The first-order valence-electron chi connectivity index (χ1n) is 11.2. The minimum absolute atomic E-state index is 0.0686. The molecule has 0 fully saturated rings. The molecule has 1 amide bonds. The van der Waals surface area contributed by atoms with Crippen molar-refractivity contribution in [3.05, 3.63) is 76.1 Å². The Morgan fingerprint density at radius 3 is 3.00 bits per heavy atom. The largest absolute Gasteiger partial charge is 0.491 e. The van der Waals surface area contributed by atoms with Crippen molar-refractivity contribution >= 4 is 17.2 Å². The highest BCUT2D eigenvalue weighted by molar-refractivity contribution is 7.10. The van der Waals surface area contributed by atoms with E-state index in [1.807, 2.05) is 27.3 Å². The number of halogens is 1. The summed E-state index contributed by atoms with van der Waals surface area (Å²) in [6.07, 6.45) is 1.63. The number of amides is 1. The number of nitrogens with zero attached hydrogens (tertiary/aromatic N) is 2. The van der Waals surface area contributed by atoms with Crippen LogP contribution in [0.25, 0.3) is 0 Å².